The van der Waals surface area contributed by atoms with Crippen molar-refractivity contribution in [2.45, 2.75) is 26.8 Å². The predicted octanol–water partition coefficient (Wildman–Crippen LogP) is 2.70. The molecule has 2 aromatic heterocycles. The van der Waals surface area contributed by atoms with Crippen LogP contribution in [0.3, 0.4) is 0 Å². The van der Waals surface area contributed by atoms with Gasteiger partial charge in [0.1, 0.15) is 5.76 Å². The molecule has 0 saturated carbocycles. The van der Waals surface area contributed by atoms with Crippen LogP contribution in [0.2, 0.25) is 0 Å². The van der Waals surface area contributed by atoms with Crippen LogP contribution in [0, 0.1) is 6.92 Å². The maximum absolute atomic E-state index is 12.0. The summed E-state index contributed by atoms with van der Waals surface area (Å²) in [6.45, 7) is 4.75. The van der Waals surface area contributed by atoms with Gasteiger partial charge in [0.05, 0.1) is 0 Å². The number of tetrazole rings is 1. The molecule has 0 aliphatic carbocycles. The van der Waals surface area contributed by atoms with Crippen molar-refractivity contribution in [1.29, 1.82) is 0 Å². The smallest absolute Gasteiger partial charge is 0.244 e. The molecule has 0 spiro atoms. The Labute approximate surface area is 145 Å². The van der Waals surface area contributed by atoms with E-state index in [9.17, 15) is 9.90 Å². The molecule has 128 valence electrons. The predicted molar refractivity (Wildman–Crippen MR) is 93.2 cm³/mol. The van der Waals surface area contributed by atoms with Gasteiger partial charge in [-0.05, 0) is 29.7 Å². The summed E-state index contributed by atoms with van der Waals surface area (Å²) >= 11 is 0. The molecular formula is C18H19N5O2. The molecule has 7 heteroatoms. The van der Waals surface area contributed by atoms with E-state index in [2.05, 4.69) is 51.8 Å². The Hall–Kier alpha value is -3.22. The largest absolute Gasteiger partial charge is 0.507 e. The van der Waals surface area contributed by atoms with Crippen LogP contribution >= 0.6 is 0 Å². The zero-order valence-electron chi connectivity index (χ0n) is 14.1. The Balaban J connectivity index is 1.84. The minimum atomic E-state index is -0.500. The molecule has 0 bridgehead atoms. The number of aryl methyl sites for hydroxylation is 2. The number of hydrogen-bond acceptors (Lipinski definition) is 5. The molecular weight excluding hydrogens is 318 g/mol. The van der Waals surface area contributed by atoms with Crippen molar-refractivity contribution >= 4 is 11.5 Å². The summed E-state index contributed by atoms with van der Waals surface area (Å²) in [7, 11) is 0. The molecule has 7 nitrogen and oxygen atoms in total. The highest BCUT2D eigenvalue weighted by Gasteiger charge is 2.14. The van der Waals surface area contributed by atoms with Crippen LogP contribution in [0.1, 0.15) is 39.8 Å². The molecule has 3 aromatic rings. The SMILES string of the molecule is CCc1cn(Cc2ccc(C)cc2)cc1C(O)=CC(=O)c1nn[nH]n1. The minimum Gasteiger partial charge on any atom is -0.507 e. The highest BCUT2D eigenvalue weighted by atomic mass is 16.3. The van der Waals surface area contributed by atoms with Crippen molar-refractivity contribution in [2.75, 3.05) is 0 Å². The van der Waals surface area contributed by atoms with Crippen LogP contribution in [0.4, 0.5) is 0 Å². The van der Waals surface area contributed by atoms with E-state index in [-0.39, 0.29) is 11.6 Å². The average Bonchev–Trinajstić information content (AvgIpc) is 3.26. The van der Waals surface area contributed by atoms with E-state index < -0.39 is 5.78 Å². The minimum absolute atomic E-state index is 0.0799. The number of rotatable bonds is 6. The third kappa shape index (κ3) is 3.82. The van der Waals surface area contributed by atoms with Gasteiger partial charge in [0.25, 0.3) is 0 Å². The Morgan fingerprint density at radius 1 is 1.28 bits per heavy atom. The van der Waals surface area contributed by atoms with Crippen LogP contribution < -0.4 is 0 Å². The summed E-state index contributed by atoms with van der Waals surface area (Å²) in [5.41, 5.74) is 3.97. The van der Waals surface area contributed by atoms with E-state index in [1.54, 1.807) is 0 Å². The van der Waals surface area contributed by atoms with Gasteiger partial charge in [0.2, 0.25) is 11.6 Å². The van der Waals surface area contributed by atoms with Crippen molar-refractivity contribution in [3.63, 3.8) is 0 Å². The molecule has 2 heterocycles. The lowest BCUT2D eigenvalue weighted by molar-refractivity contribution is 0.103. The Kier molecular flexibility index (Phi) is 4.74. The first-order chi connectivity index (χ1) is 12.1. The number of hydrogen-bond donors (Lipinski definition) is 2. The lowest BCUT2D eigenvalue weighted by atomic mass is 10.1. The fraction of sp³-hybridized carbons (Fsp3) is 0.222. The van der Waals surface area contributed by atoms with Crippen molar-refractivity contribution in [3.05, 3.63) is 70.8 Å². The number of nitrogens with one attached hydrogen (secondary N) is 1. The fourth-order valence-corrected chi connectivity index (χ4v) is 2.60. The molecule has 0 aliphatic rings. The number of carbonyl (C=O) groups is 1. The highest BCUT2D eigenvalue weighted by Crippen LogP contribution is 2.21. The van der Waals surface area contributed by atoms with Crippen LogP contribution in [0.15, 0.2) is 42.7 Å². The summed E-state index contributed by atoms with van der Waals surface area (Å²) in [4.78, 5) is 12.0. The van der Waals surface area contributed by atoms with Gasteiger partial charge in [-0.1, -0.05) is 36.8 Å². The Bertz CT molecular complexity index is 892. The van der Waals surface area contributed by atoms with Gasteiger partial charge in [-0.2, -0.15) is 5.21 Å². The lowest BCUT2D eigenvalue weighted by Gasteiger charge is -2.03. The summed E-state index contributed by atoms with van der Waals surface area (Å²) < 4.78 is 2.00. The normalized spacial score (nSPS) is 11.7. The highest BCUT2D eigenvalue weighted by molar-refractivity contribution is 6.05. The van der Waals surface area contributed by atoms with Crippen LogP contribution in [0.5, 0.6) is 0 Å². The number of aliphatic hydroxyl groups is 1. The molecule has 0 atom stereocenters. The molecule has 0 aliphatic heterocycles. The number of ketones is 1. The quantitative estimate of drug-likeness (QED) is 0.409. The molecule has 2 N–H and O–H groups in total. The van der Waals surface area contributed by atoms with Gasteiger partial charge in [-0.3, -0.25) is 4.79 Å². The van der Waals surface area contributed by atoms with Crippen LogP contribution in [0.25, 0.3) is 5.76 Å². The molecule has 1 aromatic carbocycles. The van der Waals surface area contributed by atoms with E-state index in [1.165, 1.54) is 11.1 Å². The Morgan fingerprint density at radius 3 is 2.68 bits per heavy atom. The monoisotopic (exact) mass is 337 g/mol. The first-order valence-corrected chi connectivity index (χ1v) is 8.00. The number of nitrogens with zero attached hydrogens (tertiary/aromatic N) is 4. The second-order valence-corrected chi connectivity index (χ2v) is 5.84. The summed E-state index contributed by atoms with van der Waals surface area (Å²) in [6, 6.07) is 8.30. The van der Waals surface area contributed by atoms with Crippen molar-refractivity contribution in [3.8, 4) is 0 Å². The first kappa shape index (κ1) is 16.6. The molecule has 0 fully saturated rings. The van der Waals surface area contributed by atoms with E-state index in [1.807, 2.05) is 23.9 Å². The molecule has 3 rings (SSSR count). The van der Waals surface area contributed by atoms with Crippen LogP contribution in [-0.2, 0) is 13.0 Å². The standard InChI is InChI=1S/C18H19N5O2/c1-3-14-10-23(9-13-6-4-12(2)5-7-13)11-15(14)16(24)8-17(25)18-19-21-22-20-18/h4-8,10-11,24H,3,9H2,1-2H3,(H,19,20,21,22). The van der Waals surface area contributed by atoms with Gasteiger partial charge in [-0.25, -0.2) is 0 Å². The molecule has 25 heavy (non-hydrogen) atoms. The molecule has 0 saturated heterocycles. The summed E-state index contributed by atoms with van der Waals surface area (Å²) in [6.07, 6.45) is 5.69. The number of carbonyl (C=O) groups excluding carboxylic acids is 1. The number of aliphatic hydroxyl groups excluding tert-OH is 1. The van der Waals surface area contributed by atoms with Crippen molar-refractivity contribution in [2.24, 2.45) is 0 Å². The maximum Gasteiger partial charge on any atom is 0.244 e. The summed E-state index contributed by atoms with van der Waals surface area (Å²) in [5, 5.41) is 23.1. The van der Waals surface area contributed by atoms with E-state index >= 15 is 0 Å². The number of benzene rings is 1. The van der Waals surface area contributed by atoms with Gasteiger partial charge in [0, 0.05) is 30.6 Å². The molecule has 0 amide bonds. The van der Waals surface area contributed by atoms with Gasteiger partial charge >= 0.3 is 0 Å². The third-order valence-corrected chi connectivity index (χ3v) is 3.94. The van der Waals surface area contributed by atoms with Gasteiger partial charge < -0.3 is 9.67 Å². The number of H-pyrrole nitrogens is 1. The second-order valence-electron chi connectivity index (χ2n) is 5.84. The summed E-state index contributed by atoms with van der Waals surface area (Å²) in [5.74, 6) is -0.683. The first-order valence-electron chi connectivity index (χ1n) is 8.00. The zero-order chi connectivity index (χ0) is 17.8. The van der Waals surface area contributed by atoms with Crippen molar-refractivity contribution in [1.82, 2.24) is 25.2 Å². The maximum atomic E-state index is 12.0. The van der Waals surface area contributed by atoms with E-state index in [0.717, 1.165) is 18.1 Å². The fourth-order valence-electron chi connectivity index (χ4n) is 2.60. The number of aromatic amines is 1. The van der Waals surface area contributed by atoms with Crippen LogP contribution in [-0.4, -0.2) is 36.1 Å². The molecule has 0 unspecified atom stereocenters. The second kappa shape index (κ2) is 7.12. The van der Waals surface area contributed by atoms with E-state index in [0.29, 0.717) is 12.1 Å². The Morgan fingerprint density at radius 2 is 2.04 bits per heavy atom. The zero-order valence-corrected chi connectivity index (χ0v) is 14.1. The van der Waals surface area contributed by atoms with Gasteiger partial charge in [0.15, 0.2) is 0 Å². The number of allylic oxidation sites excluding steroid dienone is 1. The molecule has 0 radical (unpaired) electrons. The lowest BCUT2D eigenvalue weighted by Crippen LogP contribution is -2.00. The topological polar surface area (TPSA) is 96.7 Å². The number of aromatic nitrogens is 5. The van der Waals surface area contributed by atoms with Gasteiger partial charge in [-0.15, -0.1) is 10.2 Å². The van der Waals surface area contributed by atoms with Crippen molar-refractivity contribution < 1.29 is 9.90 Å². The van der Waals surface area contributed by atoms with E-state index in [4.69, 9.17) is 0 Å². The third-order valence-electron chi connectivity index (χ3n) is 3.94. The average molecular weight is 337 g/mol.